The smallest absolute Gasteiger partial charge is 0.283 e. The molecule has 0 fully saturated rings. The molecule has 3 heterocycles. The maximum atomic E-state index is 12.7. The Balaban J connectivity index is 1.16. The quantitative estimate of drug-likeness (QED) is 0.315. The number of carbonyl (C=O) groups is 1. The van der Waals surface area contributed by atoms with Crippen LogP contribution in [0, 0.1) is 5.41 Å². The number of aryl methyl sites for hydroxylation is 1. The second-order valence-electron chi connectivity index (χ2n) is 8.28. The van der Waals surface area contributed by atoms with Crippen molar-refractivity contribution in [2.75, 3.05) is 13.2 Å². The van der Waals surface area contributed by atoms with Gasteiger partial charge in [0.05, 0.1) is 18.8 Å². The van der Waals surface area contributed by atoms with Crippen molar-refractivity contribution in [2.45, 2.75) is 19.8 Å². The number of aromatic nitrogens is 1. The second kappa shape index (κ2) is 11.2. The van der Waals surface area contributed by atoms with Gasteiger partial charge in [-0.3, -0.25) is 15.2 Å². The highest BCUT2D eigenvalue weighted by Gasteiger charge is 2.36. The summed E-state index contributed by atoms with van der Waals surface area (Å²) in [5.74, 6) is 1.11. The number of nitrogens with zero attached hydrogens (tertiary/aromatic N) is 4. The van der Waals surface area contributed by atoms with Crippen molar-refractivity contribution >= 4 is 39.8 Å². The first-order valence-electron chi connectivity index (χ1n) is 12.0. The molecule has 9 heteroatoms. The Bertz CT molecular complexity index is 1380. The van der Waals surface area contributed by atoms with Gasteiger partial charge < -0.3 is 9.47 Å². The summed E-state index contributed by atoms with van der Waals surface area (Å²) in [5.41, 5.74) is 3.04. The SMILES string of the molecule is CCc1ccc(OCCCOc2ccc(/C=C3\C(=N)N4N=C(c5cccnc5)SC4=NC3=O)cc2)cc1. The highest BCUT2D eigenvalue weighted by molar-refractivity contribution is 8.27. The molecule has 2 aromatic carbocycles. The van der Waals surface area contributed by atoms with Crippen LogP contribution >= 0.6 is 11.8 Å². The monoisotopic (exact) mass is 511 g/mol. The lowest BCUT2D eigenvalue weighted by Crippen LogP contribution is -2.35. The van der Waals surface area contributed by atoms with Crippen molar-refractivity contribution < 1.29 is 14.3 Å². The molecule has 186 valence electrons. The van der Waals surface area contributed by atoms with Gasteiger partial charge in [-0.1, -0.05) is 31.2 Å². The first kappa shape index (κ1) is 24.5. The predicted molar refractivity (Wildman–Crippen MR) is 146 cm³/mol. The Hall–Kier alpha value is -4.24. The molecular formula is C28H25N5O3S. The van der Waals surface area contributed by atoms with E-state index in [9.17, 15) is 4.79 Å². The molecular weight excluding hydrogens is 486 g/mol. The number of carbonyl (C=O) groups excluding carboxylic acids is 1. The number of hydrogen-bond donors (Lipinski definition) is 1. The highest BCUT2D eigenvalue weighted by Crippen LogP contribution is 2.30. The number of hydrazone groups is 1. The van der Waals surface area contributed by atoms with Crippen LogP contribution in [0.4, 0.5) is 0 Å². The van der Waals surface area contributed by atoms with Crippen LogP contribution < -0.4 is 9.47 Å². The highest BCUT2D eigenvalue weighted by atomic mass is 32.2. The Morgan fingerprint density at radius 2 is 1.70 bits per heavy atom. The van der Waals surface area contributed by atoms with Crippen molar-refractivity contribution in [1.29, 1.82) is 5.41 Å². The number of pyridine rings is 1. The number of benzene rings is 2. The maximum absolute atomic E-state index is 12.7. The van der Waals surface area contributed by atoms with E-state index in [-0.39, 0.29) is 11.4 Å². The van der Waals surface area contributed by atoms with E-state index in [0.29, 0.717) is 23.4 Å². The lowest BCUT2D eigenvalue weighted by Gasteiger charge is -2.20. The van der Waals surface area contributed by atoms with Crippen LogP contribution in [0.5, 0.6) is 11.5 Å². The van der Waals surface area contributed by atoms with E-state index in [4.69, 9.17) is 14.9 Å². The van der Waals surface area contributed by atoms with Gasteiger partial charge in [-0.05, 0) is 71.8 Å². The molecule has 1 amide bonds. The third-order valence-corrected chi connectivity index (χ3v) is 6.67. The van der Waals surface area contributed by atoms with Crippen molar-refractivity contribution in [3.05, 3.63) is 95.3 Å². The first-order valence-corrected chi connectivity index (χ1v) is 12.8. The molecule has 0 bridgehead atoms. The van der Waals surface area contributed by atoms with Gasteiger partial charge in [-0.15, -0.1) is 0 Å². The predicted octanol–water partition coefficient (Wildman–Crippen LogP) is 5.16. The standard InChI is InChI=1S/C28H25N5O3S/c1-2-19-6-10-22(11-7-19)35-15-4-16-36-23-12-8-20(9-13-23)17-24-25(29)33-28(31-26(24)34)37-27(32-33)21-5-3-14-30-18-21/h3,5-14,17-18,29H,2,4,15-16H2,1H3/b24-17+,29-25?. The number of amides is 1. The van der Waals surface area contributed by atoms with Gasteiger partial charge in [0.2, 0.25) is 5.17 Å². The molecule has 0 saturated heterocycles. The lowest BCUT2D eigenvalue weighted by atomic mass is 10.1. The number of aliphatic imine (C=N–C) groups is 1. The van der Waals surface area contributed by atoms with E-state index in [1.54, 1.807) is 18.5 Å². The van der Waals surface area contributed by atoms with E-state index in [0.717, 1.165) is 35.5 Å². The number of nitrogens with one attached hydrogen (secondary N) is 1. The maximum Gasteiger partial charge on any atom is 0.283 e. The van der Waals surface area contributed by atoms with Gasteiger partial charge in [-0.25, -0.2) is 0 Å². The number of rotatable bonds is 9. The molecule has 0 radical (unpaired) electrons. The van der Waals surface area contributed by atoms with E-state index >= 15 is 0 Å². The Labute approximate surface area is 219 Å². The van der Waals surface area contributed by atoms with Crippen molar-refractivity contribution in [3.8, 4) is 11.5 Å². The lowest BCUT2D eigenvalue weighted by molar-refractivity contribution is -0.114. The molecule has 0 spiro atoms. The third kappa shape index (κ3) is 5.78. The van der Waals surface area contributed by atoms with Crippen molar-refractivity contribution in [2.24, 2.45) is 10.1 Å². The molecule has 2 aliphatic heterocycles. The van der Waals surface area contributed by atoms with Crippen LogP contribution in [0.3, 0.4) is 0 Å². The average molecular weight is 512 g/mol. The molecule has 37 heavy (non-hydrogen) atoms. The number of amidine groups is 2. The molecule has 5 rings (SSSR count). The fourth-order valence-corrected chi connectivity index (χ4v) is 4.57. The number of thioether (sulfide) groups is 1. The summed E-state index contributed by atoms with van der Waals surface area (Å²) >= 11 is 1.25. The number of fused-ring (bicyclic) bond motifs is 1. The summed E-state index contributed by atoms with van der Waals surface area (Å²) in [5, 5.41) is 15.4. The van der Waals surface area contributed by atoms with Crippen molar-refractivity contribution in [1.82, 2.24) is 9.99 Å². The molecule has 0 saturated carbocycles. The summed E-state index contributed by atoms with van der Waals surface area (Å²) in [4.78, 5) is 20.9. The normalized spacial score (nSPS) is 15.9. The molecule has 3 aromatic rings. The van der Waals surface area contributed by atoms with Gasteiger partial charge in [0, 0.05) is 24.4 Å². The minimum atomic E-state index is -0.462. The minimum absolute atomic E-state index is 0.00829. The summed E-state index contributed by atoms with van der Waals surface area (Å²) in [6.07, 6.45) is 6.78. The zero-order valence-corrected chi connectivity index (χ0v) is 21.1. The van der Waals surface area contributed by atoms with Crippen LogP contribution in [0.2, 0.25) is 0 Å². The molecule has 0 aliphatic carbocycles. The summed E-state index contributed by atoms with van der Waals surface area (Å²) in [6, 6.07) is 19.2. The Morgan fingerprint density at radius 3 is 2.35 bits per heavy atom. The van der Waals surface area contributed by atoms with Crippen LogP contribution in [0.25, 0.3) is 6.08 Å². The molecule has 1 N–H and O–H groups in total. The van der Waals surface area contributed by atoms with Gasteiger partial charge in [0.25, 0.3) is 5.91 Å². The topological polar surface area (TPSA) is 100 Å². The van der Waals surface area contributed by atoms with Gasteiger partial charge in [0.15, 0.2) is 5.84 Å². The molecule has 2 aliphatic rings. The van der Waals surface area contributed by atoms with Crippen LogP contribution in [-0.4, -0.2) is 45.2 Å². The number of hydrogen-bond acceptors (Lipinski definition) is 7. The fourth-order valence-electron chi connectivity index (χ4n) is 3.69. The Kier molecular flexibility index (Phi) is 7.41. The van der Waals surface area contributed by atoms with E-state index in [1.165, 1.54) is 22.3 Å². The summed E-state index contributed by atoms with van der Waals surface area (Å²) in [6.45, 7) is 3.23. The van der Waals surface area contributed by atoms with Crippen LogP contribution in [0.1, 0.15) is 30.0 Å². The van der Waals surface area contributed by atoms with E-state index in [2.05, 4.69) is 34.1 Å². The zero-order chi connectivity index (χ0) is 25.6. The Morgan fingerprint density at radius 1 is 1.00 bits per heavy atom. The average Bonchev–Trinajstić information content (AvgIpc) is 3.37. The fraction of sp³-hybridized carbons (Fsp3) is 0.179. The van der Waals surface area contributed by atoms with Gasteiger partial charge >= 0.3 is 0 Å². The molecule has 8 nitrogen and oxygen atoms in total. The van der Waals surface area contributed by atoms with E-state index in [1.807, 2.05) is 48.5 Å². The van der Waals surface area contributed by atoms with Crippen molar-refractivity contribution in [3.63, 3.8) is 0 Å². The van der Waals surface area contributed by atoms with Crippen LogP contribution in [-0.2, 0) is 11.2 Å². The minimum Gasteiger partial charge on any atom is -0.493 e. The van der Waals surface area contributed by atoms with Gasteiger partial charge in [-0.2, -0.15) is 15.1 Å². The molecule has 0 unspecified atom stereocenters. The van der Waals surface area contributed by atoms with E-state index < -0.39 is 5.91 Å². The molecule has 0 atom stereocenters. The van der Waals surface area contributed by atoms with Crippen LogP contribution in [0.15, 0.2) is 88.7 Å². The zero-order valence-electron chi connectivity index (χ0n) is 20.3. The summed E-state index contributed by atoms with van der Waals surface area (Å²) in [7, 11) is 0. The summed E-state index contributed by atoms with van der Waals surface area (Å²) < 4.78 is 11.6. The second-order valence-corrected chi connectivity index (χ2v) is 9.24. The first-order chi connectivity index (χ1) is 18.1. The number of ether oxygens (including phenoxy) is 2. The van der Waals surface area contributed by atoms with Gasteiger partial charge in [0.1, 0.15) is 16.5 Å². The molecule has 1 aromatic heterocycles. The third-order valence-electron chi connectivity index (χ3n) is 5.71. The largest absolute Gasteiger partial charge is 0.493 e.